The van der Waals surface area contributed by atoms with Gasteiger partial charge in [0.1, 0.15) is 0 Å². The molecule has 0 spiro atoms. The van der Waals surface area contributed by atoms with Gasteiger partial charge in [0, 0.05) is 23.3 Å². The SMILES string of the molecule is Cc1ccc(C(=CC=Cc2ccc3c(c2)C2CCCC2N3c2ccc(C=C(c3ccc4ccccc4c3)c3ccc4ccccc4c3)cc2)c2ccccc2)c(CO)c1. The summed E-state index contributed by atoms with van der Waals surface area (Å²) in [5.74, 6) is 0.528. The number of allylic oxidation sites excluding steroid dienone is 2. The Morgan fingerprint density at radius 2 is 1.25 bits per heavy atom. The van der Waals surface area contributed by atoms with Crippen LogP contribution in [0.25, 0.3) is 44.8 Å². The van der Waals surface area contributed by atoms with E-state index in [1.807, 2.05) is 6.07 Å². The molecule has 2 nitrogen and oxygen atoms in total. The summed E-state index contributed by atoms with van der Waals surface area (Å²) in [6.45, 7) is 2.08. The van der Waals surface area contributed by atoms with Crippen molar-refractivity contribution in [3.8, 4) is 0 Å². The lowest BCUT2D eigenvalue weighted by Gasteiger charge is -2.27. The van der Waals surface area contributed by atoms with E-state index in [1.54, 1.807) is 0 Å². The van der Waals surface area contributed by atoms with Crippen LogP contribution in [0.3, 0.4) is 0 Å². The Balaban J connectivity index is 0.969. The number of hydrogen-bond donors (Lipinski definition) is 1. The predicted octanol–water partition coefficient (Wildman–Crippen LogP) is 14.3. The molecule has 2 unspecified atom stereocenters. The van der Waals surface area contributed by atoms with Gasteiger partial charge in [0.05, 0.1) is 6.61 Å². The summed E-state index contributed by atoms with van der Waals surface area (Å²) in [5.41, 5.74) is 15.5. The van der Waals surface area contributed by atoms with Gasteiger partial charge in [0.2, 0.25) is 0 Å². The van der Waals surface area contributed by atoms with Gasteiger partial charge >= 0.3 is 0 Å². The molecule has 286 valence electrons. The van der Waals surface area contributed by atoms with Crippen LogP contribution in [0.4, 0.5) is 11.4 Å². The summed E-state index contributed by atoms with van der Waals surface area (Å²) in [5, 5.41) is 15.2. The number of aryl methyl sites for hydroxylation is 1. The fraction of sp³-hybridized carbons (Fsp3) is 0.123. The van der Waals surface area contributed by atoms with Crippen LogP contribution >= 0.6 is 0 Å². The molecule has 8 aromatic carbocycles. The summed E-state index contributed by atoms with van der Waals surface area (Å²) >= 11 is 0. The average molecular weight is 762 g/mol. The fourth-order valence-electron chi connectivity index (χ4n) is 9.59. The van der Waals surface area contributed by atoms with E-state index in [4.69, 9.17) is 0 Å². The summed E-state index contributed by atoms with van der Waals surface area (Å²) in [7, 11) is 0. The second-order valence-corrected chi connectivity index (χ2v) is 16.2. The minimum absolute atomic E-state index is 0.00584. The monoisotopic (exact) mass is 761 g/mol. The number of fused-ring (bicyclic) bond motifs is 5. The number of benzene rings is 8. The molecule has 2 aliphatic rings. The van der Waals surface area contributed by atoms with Gasteiger partial charge < -0.3 is 10.0 Å². The van der Waals surface area contributed by atoms with Gasteiger partial charge in [-0.05, 0) is 139 Å². The van der Waals surface area contributed by atoms with Gasteiger partial charge in [-0.1, -0.05) is 170 Å². The number of anilines is 2. The molecule has 2 atom stereocenters. The largest absolute Gasteiger partial charge is 0.392 e. The van der Waals surface area contributed by atoms with E-state index in [2.05, 4.69) is 206 Å². The molecule has 1 aliphatic heterocycles. The molecule has 0 bridgehead atoms. The number of hydrogen-bond acceptors (Lipinski definition) is 2. The second-order valence-electron chi connectivity index (χ2n) is 16.2. The van der Waals surface area contributed by atoms with Gasteiger partial charge in [-0.15, -0.1) is 0 Å². The Kier molecular flexibility index (Phi) is 9.86. The highest BCUT2D eigenvalue weighted by Gasteiger charge is 2.42. The Labute approximate surface area is 347 Å². The standard InChI is InChI=1S/C57H47NO/c1-39-21-31-52(49(33-39)38-59)51(44-14-3-2-4-15-44)18-9-11-40-24-32-57-55(35-40)53-19-10-20-56(53)58(57)50-29-22-41(23-30-50)34-54(47-27-25-42-12-5-7-16-45(42)36-47)48-28-26-43-13-6-8-17-46(43)37-48/h2-9,11-18,21-37,53,56,59H,10,19-20,38H2,1H3. The summed E-state index contributed by atoms with van der Waals surface area (Å²) in [6, 6.07) is 64.4. The van der Waals surface area contributed by atoms with Crippen LogP contribution in [0.5, 0.6) is 0 Å². The zero-order valence-corrected chi connectivity index (χ0v) is 33.4. The van der Waals surface area contributed by atoms with Crippen LogP contribution in [0, 0.1) is 6.92 Å². The Hall–Kier alpha value is -6.74. The van der Waals surface area contributed by atoms with Crippen molar-refractivity contribution < 1.29 is 5.11 Å². The minimum Gasteiger partial charge on any atom is -0.392 e. The van der Waals surface area contributed by atoms with Crippen molar-refractivity contribution in [3.05, 3.63) is 238 Å². The minimum atomic E-state index is 0.00584. The summed E-state index contributed by atoms with van der Waals surface area (Å²) < 4.78 is 0. The van der Waals surface area contributed by atoms with Crippen molar-refractivity contribution in [2.75, 3.05) is 4.90 Å². The highest BCUT2D eigenvalue weighted by Crippen LogP contribution is 2.52. The van der Waals surface area contributed by atoms with Crippen LogP contribution in [0.1, 0.15) is 75.3 Å². The zero-order chi connectivity index (χ0) is 39.7. The molecule has 0 saturated heterocycles. The molecule has 0 radical (unpaired) electrons. The maximum atomic E-state index is 10.3. The molecule has 59 heavy (non-hydrogen) atoms. The lowest BCUT2D eigenvalue weighted by atomic mass is 9.92. The topological polar surface area (TPSA) is 23.5 Å². The van der Waals surface area contributed by atoms with E-state index in [0.29, 0.717) is 12.0 Å². The fourth-order valence-corrected chi connectivity index (χ4v) is 9.59. The molecular weight excluding hydrogens is 715 g/mol. The van der Waals surface area contributed by atoms with E-state index in [1.165, 1.54) is 85.6 Å². The Morgan fingerprint density at radius 1 is 0.593 bits per heavy atom. The quantitative estimate of drug-likeness (QED) is 0.117. The van der Waals surface area contributed by atoms with E-state index in [-0.39, 0.29) is 6.61 Å². The van der Waals surface area contributed by atoms with Crippen molar-refractivity contribution in [2.24, 2.45) is 0 Å². The van der Waals surface area contributed by atoms with E-state index >= 15 is 0 Å². The summed E-state index contributed by atoms with van der Waals surface area (Å²) in [6.07, 6.45) is 12.6. The van der Waals surface area contributed by atoms with Gasteiger partial charge in [0.15, 0.2) is 0 Å². The first-order valence-corrected chi connectivity index (χ1v) is 21.0. The molecule has 10 rings (SSSR count). The first kappa shape index (κ1) is 36.6. The van der Waals surface area contributed by atoms with Gasteiger partial charge in [0.25, 0.3) is 0 Å². The van der Waals surface area contributed by atoms with Crippen LogP contribution < -0.4 is 4.90 Å². The molecule has 8 aromatic rings. The molecule has 1 fully saturated rings. The van der Waals surface area contributed by atoms with Crippen molar-refractivity contribution in [3.63, 3.8) is 0 Å². The highest BCUT2D eigenvalue weighted by atomic mass is 16.3. The third kappa shape index (κ3) is 7.22. The molecule has 0 amide bonds. The van der Waals surface area contributed by atoms with E-state index in [0.717, 1.165) is 27.8 Å². The van der Waals surface area contributed by atoms with Crippen LogP contribution in [0.2, 0.25) is 0 Å². The Morgan fingerprint density at radius 3 is 1.95 bits per heavy atom. The smallest absolute Gasteiger partial charge is 0.0687 e. The average Bonchev–Trinajstić information content (AvgIpc) is 3.89. The van der Waals surface area contributed by atoms with Gasteiger partial charge in [-0.2, -0.15) is 0 Å². The maximum Gasteiger partial charge on any atom is 0.0687 e. The number of aliphatic hydroxyl groups excluding tert-OH is 1. The second kappa shape index (κ2) is 15.9. The molecule has 1 N–H and O–H groups in total. The van der Waals surface area contributed by atoms with Gasteiger partial charge in [-0.25, -0.2) is 0 Å². The lowest BCUT2D eigenvalue weighted by Crippen LogP contribution is -2.26. The number of rotatable bonds is 9. The van der Waals surface area contributed by atoms with E-state index in [9.17, 15) is 5.11 Å². The third-order valence-electron chi connectivity index (χ3n) is 12.5. The lowest BCUT2D eigenvalue weighted by molar-refractivity contribution is 0.281. The highest BCUT2D eigenvalue weighted by molar-refractivity contribution is 5.98. The van der Waals surface area contributed by atoms with Crippen molar-refractivity contribution in [2.45, 2.75) is 44.8 Å². The van der Waals surface area contributed by atoms with Crippen molar-refractivity contribution >= 4 is 56.2 Å². The Bertz CT molecular complexity index is 2830. The van der Waals surface area contributed by atoms with Crippen LogP contribution in [-0.4, -0.2) is 11.1 Å². The molecule has 0 aromatic heterocycles. The normalized spacial score (nSPS) is 16.2. The predicted molar refractivity (Wildman–Crippen MR) is 250 cm³/mol. The maximum absolute atomic E-state index is 10.3. The van der Waals surface area contributed by atoms with Crippen LogP contribution in [0.15, 0.2) is 188 Å². The van der Waals surface area contributed by atoms with Crippen molar-refractivity contribution in [1.82, 2.24) is 0 Å². The first-order valence-electron chi connectivity index (χ1n) is 21.0. The molecule has 2 heteroatoms. The third-order valence-corrected chi connectivity index (χ3v) is 12.5. The zero-order valence-electron chi connectivity index (χ0n) is 33.4. The van der Waals surface area contributed by atoms with Crippen molar-refractivity contribution in [1.29, 1.82) is 0 Å². The molecule has 1 heterocycles. The van der Waals surface area contributed by atoms with E-state index < -0.39 is 0 Å². The molecule has 1 aliphatic carbocycles. The molecular formula is C57H47NO. The number of aliphatic hydroxyl groups is 1. The van der Waals surface area contributed by atoms with Crippen LogP contribution in [-0.2, 0) is 6.61 Å². The number of nitrogens with zero attached hydrogens (tertiary/aromatic N) is 1. The summed E-state index contributed by atoms with van der Waals surface area (Å²) in [4.78, 5) is 2.61. The first-order chi connectivity index (χ1) is 29.1. The van der Waals surface area contributed by atoms with Gasteiger partial charge in [-0.3, -0.25) is 0 Å². The molecule has 1 saturated carbocycles.